The number of carbonyl (C=O) groups is 2. The van der Waals surface area contributed by atoms with Crippen molar-refractivity contribution in [1.82, 2.24) is 29.5 Å². The Labute approximate surface area is 164 Å². The highest BCUT2D eigenvalue weighted by Crippen LogP contribution is 2.39. The van der Waals surface area contributed by atoms with E-state index in [4.69, 9.17) is 0 Å². The minimum absolute atomic E-state index is 0.00587. The molecule has 0 saturated carbocycles. The molecule has 0 radical (unpaired) electrons. The zero-order chi connectivity index (χ0) is 19.7. The molecule has 2 aliphatic rings. The standard InChI is InChI=1S/C20H28N6O2/c1-15-17(11-24(2)23-15)19(28)26-8-3-6-20(13-26)7-4-18(27)25(12-20)9-5-16-10-21-14-22-16/h10-11,14H,3-9,12-13H2,1-2H3,(H,21,22)/t20-/m0/s1. The van der Waals surface area contributed by atoms with Gasteiger partial charge >= 0.3 is 0 Å². The highest BCUT2D eigenvalue weighted by atomic mass is 16.2. The highest BCUT2D eigenvalue weighted by Gasteiger charge is 2.43. The first-order valence-electron chi connectivity index (χ1n) is 10.0. The first-order chi connectivity index (χ1) is 13.5. The predicted molar refractivity (Wildman–Crippen MR) is 104 cm³/mol. The zero-order valence-electron chi connectivity index (χ0n) is 16.6. The van der Waals surface area contributed by atoms with Gasteiger partial charge in [0, 0.05) is 69.6 Å². The summed E-state index contributed by atoms with van der Waals surface area (Å²) in [7, 11) is 1.84. The fourth-order valence-electron chi connectivity index (χ4n) is 4.68. The van der Waals surface area contributed by atoms with Crippen molar-refractivity contribution in [2.45, 2.75) is 39.0 Å². The van der Waals surface area contributed by atoms with E-state index in [1.807, 2.05) is 23.8 Å². The van der Waals surface area contributed by atoms with Gasteiger partial charge in [0.05, 0.1) is 17.6 Å². The lowest BCUT2D eigenvalue weighted by atomic mass is 9.73. The number of aryl methyl sites for hydroxylation is 2. The molecule has 2 amide bonds. The number of rotatable bonds is 4. The SMILES string of the molecule is Cc1nn(C)cc1C(=O)N1CCC[C@@]2(CCC(=O)N(CCc3cnc[nH]3)C2)C1. The van der Waals surface area contributed by atoms with Crippen LogP contribution in [0.2, 0.25) is 0 Å². The van der Waals surface area contributed by atoms with Crippen molar-refractivity contribution in [1.29, 1.82) is 0 Å². The number of piperidine rings is 2. The summed E-state index contributed by atoms with van der Waals surface area (Å²) in [6.07, 6.45) is 9.53. The normalized spacial score (nSPS) is 22.9. The third-order valence-corrected chi connectivity index (χ3v) is 6.15. The molecule has 1 spiro atoms. The molecule has 2 fully saturated rings. The molecule has 2 aromatic heterocycles. The number of nitrogens with zero attached hydrogens (tertiary/aromatic N) is 5. The molecule has 0 aliphatic carbocycles. The third kappa shape index (κ3) is 3.68. The summed E-state index contributed by atoms with van der Waals surface area (Å²) in [5.41, 5.74) is 2.50. The third-order valence-electron chi connectivity index (χ3n) is 6.15. The lowest BCUT2D eigenvalue weighted by Crippen LogP contribution is -2.55. The fraction of sp³-hybridized carbons (Fsp3) is 0.600. The molecular formula is C20H28N6O2. The molecule has 1 atom stereocenters. The second kappa shape index (κ2) is 7.41. The maximum absolute atomic E-state index is 13.1. The zero-order valence-corrected chi connectivity index (χ0v) is 16.6. The van der Waals surface area contributed by atoms with E-state index in [2.05, 4.69) is 15.1 Å². The van der Waals surface area contributed by atoms with Crippen LogP contribution in [0.15, 0.2) is 18.7 Å². The van der Waals surface area contributed by atoms with E-state index < -0.39 is 0 Å². The van der Waals surface area contributed by atoms with E-state index in [0.717, 1.165) is 50.2 Å². The lowest BCUT2D eigenvalue weighted by molar-refractivity contribution is -0.138. The van der Waals surface area contributed by atoms with Crippen LogP contribution in [-0.2, 0) is 18.3 Å². The van der Waals surface area contributed by atoms with Crippen LogP contribution >= 0.6 is 0 Å². The van der Waals surface area contributed by atoms with Crippen LogP contribution in [-0.4, -0.2) is 67.5 Å². The molecule has 0 bridgehead atoms. The average Bonchev–Trinajstić information content (AvgIpc) is 3.31. The molecule has 150 valence electrons. The van der Waals surface area contributed by atoms with Gasteiger partial charge in [-0.2, -0.15) is 5.10 Å². The van der Waals surface area contributed by atoms with Crippen LogP contribution in [0, 0.1) is 12.3 Å². The average molecular weight is 384 g/mol. The van der Waals surface area contributed by atoms with Crippen molar-refractivity contribution in [3.05, 3.63) is 35.7 Å². The number of likely N-dealkylation sites (tertiary alicyclic amines) is 2. The van der Waals surface area contributed by atoms with E-state index in [1.165, 1.54) is 0 Å². The van der Waals surface area contributed by atoms with E-state index >= 15 is 0 Å². The number of nitrogens with one attached hydrogen (secondary N) is 1. The molecule has 2 saturated heterocycles. The second-order valence-electron chi connectivity index (χ2n) is 8.27. The molecular weight excluding hydrogens is 356 g/mol. The highest BCUT2D eigenvalue weighted by molar-refractivity contribution is 5.95. The number of aromatic amines is 1. The number of imidazole rings is 1. The summed E-state index contributed by atoms with van der Waals surface area (Å²) in [6, 6.07) is 0. The van der Waals surface area contributed by atoms with Gasteiger partial charge in [-0.3, -0.25) is 14.3 Å². The fourth-order valence-corrected chi connectivity index (χ4v) is 4.68. The summed E-state index contributed by atoms with van der Waals surface area (Å²) >= 11 is 0. The van der Waals surface area contributed by atoms with Crippen LogP contribution in [0.5, 0.6) is 0 Å². The molecule has 1 N–H and O–H groups in total. The maximum atomic E-state index is 13.1. The topological polar surface area (TPSA) is 87.1 Å². The predicted octanol–water partition coefficient (Wildman–Crippen LogP) is 1.54. The van der Waals surface area contributed by atoms with E-state index in [0.29, 0.717) is 25.1 Å². The van der Waals surface area contributed by atoms with Gasteiger partial charge in [-0.25, -0.2) is 4.98 Å². The van der Waals surface area contributed by atoms with E-state index in [-0.39, 0.29) is 17.2 Å². The second-order valence-corrected chi connectivity index (χ2v) is 8.27. The van der Waals surface area contributed by atoms with Gasteiger partial charge in [-0.15, -0.1) is 0 Å². The number of hydrogen-bond donors (Lipinski definition) is 1. The lowest BCUT2D eigenvalue weighted by Gasteiger charge is -2.48. The Kier molecular flexibility index (Phi) is 4.95. The maximum Gasteiger partial charge on any atom is 0.257 e. The Morgan fingerprint density at radius 3 is 2.89 bits per heavy atom. The number of H-pyrrole nitrogens is 1. The Bertz CT molecular complexity index is 858. The molecule has 0 unspecified atom stereocenters. The van der Waals surface area contributed by atoms with Crippen LogP contribution < -0.4 is 0 Å². The monoisotopic (exact) mass is 384 g/mol. The summed E-state index contributed by atoms with van der Waals surface area (Å²) in [4.78, 5) is 36.6. The molecule has 8 heteroatoms. The molecule has 2 aliphatic heterocycles. The van der Waals surface area contributed by atoms with Gasteiger partial charge < -0.3 is 14.8 Å². The summed E-state index contributed by atoms with van der Waals surface area (Å²) in [5.74, 6) is 0.280. The molecule has 8 nitrogen and oxygen atoms in total. The van der Waals surface area contributed by atoms with Crippen LogP contribution in [0.25, 0.3) is 0 Å². The van der Waals surface area contributed by atoms with Crippen molar-refractivity contribution >= 4 is 11.8 Å². The summed E-state index contributed by atoms with van der Waals surface area (Å²) in [6.45, 7) is 4.79. The molecule has 4 heterocycles. The minimum Gasteiger partial charge on any atom is -0.348 e. The Hall–Kier alpha value is -2.64. The van der Waals surface area contributed by atoms with Crippen molar-refractivity contribution < 1.29 is 9.59 Å². The Morgan fingerprint density at radius 2 is 2.18 bits per heavy atom. The van der Waals surface area contributed by atoms with Crippen LogP contribution in [0.4, 0.5) is 0 Å². The van der Waals surface area contributed by atoms with Crippen LogP contribution in [0.1, 0.15) is 47.4 Å². The number of aromatic nitrogens is 4. The molecule has 4 rings (SSSR count). The van der Waals surface area contributed by atoms with Crippen molar-refractivity contribution in [2.75, 3.05) is 26.2 Å². The number of hydrogen-bond acceptors (Lipinski definition) is 4. The first-order valence-corrected chi connectivity index (χ1v) is 10.0. The van der Waals surface area contributed by atoms with Gasteiger partial charge in [-0.1, -0.05) is 0 Å². The van der Waals surface area contributed by atoms with Crippen LogP contribution in [0.3, 0.4) is 0 Å². The smallest absolute Gasteiger partial charge is 0.257 e. The quantitative estimate of drug-likeness (QED) is 0.866. The van der Waals surface area contributed by atoms with Gasteiger partial charge in [0.15, 0.2) is 0 Å². The molecule has 28 heavy (non-hydrogen) atoms. The van der Waals surface area contributed by atoms with E-state index in [1.54, 1.807) is 23.4 Å². The van der Waals surface area contributed by atoms with Crippen molar-refractivity contribution in [2.24, 2.45) is 12.5 Å². The summed E-state index contributed by atoms with van der Waals surface area (Å²) < 4.78 is 1.69. The number of amides is 2. The largest absolute Gasteiger partial charge is 0.348 e. The molecule has 0 aromatic carbocycles. The van der Waals surface area contributed by atoms with Crippen molar-refractivity contribution in [3.8, 4) is 0 Å². The molecule has 2 aromatic rings. The van der Waals surface area contributed by atoms with Gasteiger partial charge in [0.2, 0.25) is 5.91 Å². The Balaban J connectivity index is 1.45. The van der Waals surface area contributed by atoms with Gasteiger partial charge in [0.1, 0.15) is 0 Å². The summed E-state index contributed by atoms with van der Waals surface area (Å²) in [5, 5.41) is 4.31. The number of carbonyl (C=O) groups excluding carboxylic acids is 2. The van der Waals surface area contributed by atoms with Gasteiger partial charge in [-0.05, 0) is 26.2 Å². The first kappa shape index (κ1) is 18.7. The van der Waals surface area contributed by atoms with E-state index in [9.17, 15) is 9.59 Å². The Morgan fingerprint density at radius 1 is 1.32 bits per heavy atom. The van der Waals surface area contributed by atoms with Gasteiger partial charge in [0.25, 0.3) is 5.91 Å². The van der Waals surface area contributed by atoms with Crippen molar-refractivity contribution in [3.63, 3.8) is 0 Å². The minimum atomic E-state index is 0.00587.